The molecule has 3 N–H and O–H groups in total. The lowest BCUT2D eigenvalue weighted by Gasteiger charge is -2.23. The molecule has 1 aliphatic heterocycles. The van der Waals surface area contributed by atoms with Gasteiger partial charge < -0.3 is 11.1 Å². The second-order valence-electron chi connectivity index (χ2n) is 5.36. The number of piperidine rings is 1. The van der Waals surface area contributed by atoms with Crippen LogP contribution in [0.15, 0.2) is 24.3 Å². The van der Waals surface area contributed by atoms with Gasteiger partial charge in [-0.2, -0.15) is 13.2 Å². The lowest BCUT2D eigenvalue weighted by Crippen LogP contribution is -2.27. The number of nitrogen functional groups attached to an aromatic ring is 1. The van der Waals surface area contributed by atoms with Crippen molar-refractivity contribution >= 4 is 16.6 Å². The van der Waals surface area contributed by atoms with E-state index >= 15 is 0 Å². The number of nitrogens with zero attached hydrogens (tertiary/aromatic N) is 1. The number of nitrogens with two attached hydrogens (primary N) is 1. The largest absolute Gasteiger partial charge is 0.418 e. The first-order chi connectivity index (χ1) is 9.97. The van der Waals surface area contributed by atoms with Crippen molar-refractivity contribution < 1.29 is 13.2 Å². The first-order valence-corrected chi connectivity index (χ1v) is 6.94. The molecule has 0 atom stereocenters. The molecule has 21 heavy (non-hydrogen) atoms. The number of rotatable bonds is 1. The van der Waals surface area contributed by atoms with E-state index in [0.29, 0.717) is 11.1 Å². The highest BCUT2D eigenvalue weighted by atomic mass is 19.4. The van der Waals surface area contributed by atoms with Gasteiger partial charge in [0.05, 0.1) is 11.1 Å². The predicted molar refractivity (Wildman–Crippen MR) is 76.0 cm³/mol. The van der Waals surface area contributed by atoms with Crippen LogP contribution >= 0.6 is 0 Å². The van der Waals surface area contributed by atoms with Gasteiger partial charge in [0.2, 0.25) is 0 Å². The van der Waals surface area contributed by atoms with E-state index in [2.05, 4.69) is 10.3 Å². The molecule has 0 amide bonds. The summed E-state index contributed by atoms with van der Waals surface area (Å²) in [5.74, 6) is 0.207. The molecule has 0 unspecified atom stereocenters. The molecule has 0 spiro atoms. The molecule has 3 nitrogen and oxygen atoms in total. The summed E-state index contributed by atoms with van der Waals surface area (Å²) in [4.78, 5) is 4.30. The third-order valence-corrected chi connectivity index (χ3v) is 3.98. The number of benzene rings is 1. The zero-order valence-electron chi connectivity index (χ0n) is 11.4. The number of hydrogen-bond donors (Lipinski definition) is 2. The van der Waals surface area contributed by atoms with Gasteiger partial charge in [-0.3, -0.25) is 4.98 Å². The van der Waals surface area contributed by atoms with E-state index in [1.165, 1.54) is 6.07 Å². The monoisotopic (exact) mass is 295 g/mol. The number of anilines is 1. The van der Waals surface area contributed by atoms with E-state index in [1.54, 1.807) is 12.1 Å². The van der Waals surface area contributed by atoms with Gasteiger partial charge in [-0.25, -0.2) is 0 Å². The topological polar surface area (TPSA) is 50.9 Å². The molecule has 0 aliphatic carbocycles. The van der Waals surface area contributed by atoms with Crippen LogP contribution in [-0.2, 0) is 6.18 Å². The minimum absolute atomic E-state index is 0.0430. The van der Waals surface area contributed by atoms with Gasteiger partial charge in [0.25, 0.3) is 0 Å². The van der Waals surface area contributed by atoms with Crippen molar-refractivity contribution in [1.29, 1.82) is 0 Å². The Morgan fingerprint density at radius 3 is 2.48 bits per heavy atom. The minimum atomic E-state index is -4.42. The average Bonchev–Trinajstić information content (AvgIpc) is 2.47. The first-order valence-electron chi connectivity index (χ1n) is 6.94. The number of alkyl halides is 3. The quantitative estimate of drug-likeness (QED) is 0.794. The molecule has 2 aromatic rings. The normalized spacial score (nSPS) is 17.3. The van der Waals surface area contributed by atoms with Crippen LogP contribution in [0, 0.1) is 0 Å². The molecule has 1 aromatic heterocycles. The van der Waals surface area contributed by atoms with Gasteiger partial charge in [0.15, 0.2) is 0 Å². The van der Waals surface area contributed by atoms with Crippen LogP contribution in [0.2, 0.25) is 0 Å². The zero-order valence-corrected chi connectivity index (χ0v) is 11.4. The number of nitrogens with one attached hydrogen (secondary N) is 1. The van der Waals surface area contributed by atoms with E-state index in [4.69, 9.17) is 5.73 Å². The van der Waals surface area contributed by atoms with E-state index in [1.807, 2.05) is 0 Å². The van der Waals surface area contributed by atoms with Gasteiger partial charge in [-0.05, 0) is 50.2 Å². The summed E-state index contributed by atoms with van der Waals surface area (Å²) in [5.41, 5.74) is 6.06. The van der Waals surface area contributed by atoms with E-state index in [9.17, 15) is 13.2 Å². The van der Waals surface area contributed by atoms with Crippen LogP contribution in [0.25, 0.3) is 10.9 Å². The molecule has 1 saturated heterocycles. The van der Waals surface area contributed by atoms with Gasteiger partial charge in [0.1, 0.15) is 0 Å². The summed E-state index contributed by atoms with van der Waals surface area (Å²) in [6, 6.07) is 5.76. The number of aromatic nitrogens is 1. The molecule has 1 aliphatic rings. The highest BCUT2D eigenvalue weighted by Crippen LogP contribution is 2.37. The summed E-state index contributed by atoms with van der Waals surface area (Å²) in [6.07, 6.45) is -2.64. The molecule has 0 bridgehead atoms. The standard InChI is InChI=1S/C15H16F3N3/c16-15(17,18)11-2-3-12(19)10-1-4-13(21-14(10)11)9-5-7-20-8-6-9/h1-4,9,20H,5-8,19H2. The van der Waals surface area contributed by atoms with Crippen molar-refractivity contribution in [2.75, 3.05) is 18.8 Å². The van der Waals surface area contributed by atoms with Crippen LogP contribution in [0.1, 0.15) is 30.0 Å². The van der Waals surface area contributed by atoms with E-state index < -0.39 is 11.7 Å². The Morgan fingerprint density at radius 1 is 1.10 bits per heavy atom. The van der Waals surface area contributed by atoms with Crippen molar-refractivity contribution in [3.8, 4) is 0 Å². The van der Waals surface area contributed by atoms with Crippen molar-refractivity contribution in [1.82, 2.24) is 10.3 Å². The Hall–Kier alpha value is -1.82. The predicted octanol–water partition coefficient (Wildman–Crippen LogP) is 3.30. The number of hydrogen-bond acceptors (Lipinski definition) is 3. The lowest BCUT2D eigenvalue weighted by molar-refractivity contribution is -0.136. The Labute approximate surface area is 120 Å². The summed E-state index contributed by atoms with van der Waals surface area (Å²) in [6.45, 7) is 1.74. The average molecular weight is 295 g/mol. The molecular weight excluding hydrogens is 279 g/mol. The van der Waals surface area contributed by atoms with Crippen LogP contribution in [0.5, 0.6) is 0 Å². The SMILES string of the molecule is Nc1ccc(C(F)(F)F)c2nc(C3CCNCC3)ccc12. The van der Waals surface area contributed by atoms with E-state index in [-0.39, 0.29) is 11.4 Å². The summed E-state index contributed by atoms with van der Waals surface area (Å²) in [7, 11) is 0. The lowest BCUT2D eigenvalue weighted by atomic mass is 9.93. The van der Waals surface area contributed by atoms with Crippen molar-refractivity contribution in [3.05, 3.63) is 35.5 Å². The van der Waals surface area contributed by atoms with Crippen LogP contribution in [0.3, 0.4) is 0 Å². The van der Waals surface area contributed by atoms with Crippen LogP contribution in [-0.4, -0.2) is 18.1 Å². The second-order valence-corrected chi connectivity index (χ2v) is 5.36. The van der Waals surface area contributed by atoms with Crippen molar-refractivity contribution in [2.45, 2.75) is 24.9 Å². The van der Waals surface area contributed by atoms with Crippen LogP contribution in [0.4, 0.5) is 18.9 Å². The fourth-order valence-corrected chi connectivity index (χ4v) is 2.83. The fraction of sp³-hybridized carbons (Fsp3) is 0.400. The van der Waals surface area contributed by atoms with E-state index in [0.717, 1.165) is 37.7 Å². The minimum Gasteiger partial charge on any atom is -0.398 e. The molecule has 2 heterocycles. The molecule has 3 rings (SSSR count). The fourth-order valence-electron chi connectivity index (χ4n) is 2.83. The molecule has 1 fully saturated rings. The second kappa shape index (κ2) is 5.18. The highest BCUT2D eigenvalue weighted by molar-refractivity contribution is 5.92. The third kappa shape index (κ3) is 2.68. The van der Waals surface area contributed by atoms with Crippen molar-refractivity contribution in [2.24, 2.45) is 0 Å². The summed E-state index contributed by atoms with van der Waals surface area (Å²) in [5, 5.41) is 3.60. The van der Waals surface area contributed by atoms with Crippen molar-refractivity contribution in [3.63, 3.8) is 0 Å². The summed E-state index contributed by atoms with van der Waals surface area (Å²) >= 11 is 0. The number of halogens is 3. The molecule has 1 aromatic carbocycles. The Balaban J connectivity index is 2.14. The Kier molecular flexibility index (Phi) is 3.49. The van der Waals surface area contributed by atoms with Gasteiger partial charge >= 0.3 is 6.18 Å². The maximum absolute atomic E-state index is 13.1. The molecule has 0 saturated carbocycles. The number of pyridine rings is 1. The Bertz CT molecular complexity index is 661. The third-order valence-electron chi connectivity index (χ3n) is 3.98. The number of fused-ring (bicyclic) bond motifs is 1. The van der Waals surface area contributed by atoms with Gasteiger partial charge in [-0.15, -0.1) is 0 Å². The zero-order chi connectivity index (χ0) is 15.0. The highest BCUT2D eigenvalue weighted by Gasteiger charge is 2.34. The van der Waals surface area contributed by atoms with Gasteiger partial charge in [0, 0.05) is 22.7 Å². The maximum Gasteiger partial charge on any atom is 0.418 e. The first kappa shape index (κ1) is 14.1. The van der Waals surface area contributed by atoms with Crippen LogP contribution < -0.4 is 11.1 Å². The maximum atomic E-state index is 13.1. The molecule has 112 valence electrons. The molecular formula is C15H16F3N3. The summed E-state index contributed by atoms with van der Waals surface area (Å²) < 4.78 is 39.4. The smallest absolute Gasteiger partial charge is 0.398 e. The molecule has 0 radical (unpaired) electrons. The van der Waals surface area contributed by atoms with Gasteiger partial charge in [-0.1, -0.05) is 0 Å². The Morgan fingerprint density at radius 2 is 1.81 bits per heavy atom. The molecule has 6 heteroatoms.